The van der Waals surface area contributed by atoms with Gasteiger partial charge in [-0.1, -0.05) is 35.3 Å². The zero-order chi connectivity index (χ0) is 18.8. The zero-order valence-electron chi connectivity index (χ0n) is 13.4. The number of aliphatic imine (C=N–C) groups is 1. The predicted molar refractivity (Wildman–Crippen MR) is 105 cm³/mol. The number of nitrogens with zero attached hydrogens (tertiary/aromatic N) is 2. The Bertz CT molecular complexity index is 955. The summed E-state index contributed by atoms with van der Waals surface area (Å²) in [4.78, 5) is 29.9. The van der Waals surface area contributed by atoms with E-state index in [2.05, 4.69) is 4.99 Å². The highest BCUT2D eigenvalue weighted by atomic mass is 35.5. The molecule has 0 bridgehead atoms. The molecular weight excluding hydrogens is 395 g/mol. The average molecular weight is 407 g/mol. The van der Waals surface area contributed by atoms with Gasteiger partial charge in [0, 0.05) is 12.1 Å². The molecule has 0 aliphatic carbocycles. The molecular formula is C18H12Cl2N2O3S. The summed E-state index contributed by atoms with van der Waals surface area (Å²) in [6.07, 6.45) is 1.76. The van der Waals surface area contributed by atoms with Crippen LogP contribution in [0.5, 0.6) is 0 Å². The van der Waals surface area contributed by atoms with E-state index >= 15 is 0 Å². The molecule has 1 amide bonds. The van der Waals surface area contributed by atoms with Crippen LogP contribution in [0.1, 0.15) is 15.9 Å². The van der Waals surface area contributed by atoms with E-state index in [9.17, 15) is 9.59 Å². The Kier molecular flexibility index (Phi) is 5.36. The molecule has 8 heteroatoms. The number of carbonyl (C=O) groups is 2. The van der Waals surface area contributed by atoms with Crippen LogP contribution in [0.15, 0.2) is 52.4 Å². The fourth-order valence-corrected chi connectivity index (χ4v) is 3.53. The molecule has 2 aromatic rings. The van der Waals surface area contributed by atoms with E-state index in [4.69, 9.17) is 28.3 Å². The number of amidine groups is 1. The molecule has 132 valence electrons. The van der Waals surface area contributed by atoms with E-state index in [1.54, 1.807) is 31.3 Å². The summed E-state index contributed by atoms with van der Waals surface area (Å²) in [7, 11) is 1.62. The van der Waals surface area contributed by atoms with Crippen molar-refractivity contribution >= 4 is 63.8 Å². The number of benzene rings is 2. The van der Waals surface area contributed by atoms with E-state index in [-0.39, 0.29) is 16.5 Å². The zero-order valence-corrected chi connectivity index (χ0v) is 15.8. The molecule has 5 nitrogen and oxygen atoms in total. The summed E-state index contributed by atoms with van der Waals surface area (Å²) in [5.41, 5.74) is 1.21. The number of halogens is 2. The van der Waals surface area contributed by atoms with E-state index < -0.39 is 5.97 Å². The summed E-state index contributed by atoms with van der Waals surface area (Å²) < 4.78 is 0. The largest absolute Gasteiger partial charge is 0.478 e. The lowest BCUT2D eigenvalue weighted by molar-refractivity contribution is -0.121. The van der Waals surface area contributed by atoms with E-state index in [1.807, 2.05) is 12.1 Å². The number of carboxylic acid groups (broad SMARTS) is 1. The number of carbonyl (C=O) groups excluding carboxylic acids is 1. The van der Waals surface area contributed by atoms with Crippen molar-refractivity contribution in [3.8, 4) is 0 Å². The number of hydrogen-bond donors (Lipinski definition) is 1. The van der Waals surface area contributed by atoms with E-state index in [0.29, 0.717) is 20.8 Å². The van der Waals surface area contributed by atoms with Crippen LogP contribution in [0.2, 0.25) is 10.0 Å². The Hall–Kier alpha value is -2.28. The lowest BCUT2D eigenvalue weighted by Gasteiger charge is -2.07. The molecule has 0 saturated carbocycles. The average Bonchev–Trinajstić information content (AvgIpc) is 2.86. The lowest BCUT2D eigenvalue weighted by atomic mass is 10.2. The summed E-state index contributed by atoms with van der Waals surface area (Å²) in [5.74, 6) is -1.32. The fraction of sp³-hybridized carbons (Fsp3) is 0.0556. The van der Waals surface area contributed by atoms with Gasteiger partial charge in [0.25, 0.3) is 5.91 Å². The minimum atomic E-state index is -1.14. The first-order valence-electron chi connectivity index (χ1n) is 7.40. The summed E-state index contributed by atoms with van der Waals surface area (Å²) in [6.45, 7) is 0. The van der Waals surface area contributed by atoms with Crippen LogP contribution in [0.4, 0.5) is 5.69 Å². The minimum Gasteiger partial charge on any atom is -0.478 e. The first-order chi connectivity index (χ1) is 12.3. The van der Waals surface area contributed by atoms with Gasteiger partial charge in [0.05, 0.1) is 21.2 Å². The molecule has 1 aliphatic heterocycles. The fourth-order valence-electron chi connectivity index (χ4n) is 2.22. The molecule has 1 N–H and O–H groups in total. The first kappa shape index (κ1) is 18.5. The van der Waals surface area contributed by atoms with Crippen LogP contribution in [0.3, 0.4) is 0 Å². The van der Waals surface area contributed by atoms with Gasteiger partial charge in [-0.15, -0.1) is 0 Å². The van der Waals surface area contributed by atoms with Gasteiger partial charge < -0.3 is 5.11 Å². The highest BCUT2D eigenvalue weighted by Crippen LogP contribution is 2.34. The molecule has 1 aliphatic rings. The number of thioether (sulfide) groups is 1. The van der Waals surface area contributed by atoms with Gasteiger partial charge in [0.1, 0.15) is 0 Å². The SMILES string of the molecule is CN1C(=O)/C(=C\c2ccc(Cl)cc2)SC1=Nc1ccc(Cl)c(C(=O)O)c1. The molecule has 1 heterocycles. The number of rotatable bonds is 3. The third kappa shape index (κ3) is 3.93. The summed E-state index contributed by atoms with van der Waals surface area (Å²) in [5, 5.41) is 10.4. The first-order valence-corrected chi connectivity index (χ1v) is 8.97. The van der Waals surface area contributed by atoms with Crippen LogP contribution in [0, 0.1) is 0 Å². The van der Waals surface area contributed by atoms with Crippen LogP contribution in [-0.4, -0.2) is 34.1 Å². The van der Waals surface area contributed by atoms with Gasteiger partial charge in [-0.05, 0) is 53.7 Å². The number of aromatic carboxylic acids is 1. The second-order valence-electron chi connectivity index (χ2n) is 5.39. The Morgan fingerprint density at radius 1 is 1.19 bits per heavy atom. The maximum absolute atomic E-state index is 12.4. The van der Waals surface area contributed by atoms with Gasteiger partial charge in [-0.2, -0.15) is 0 Å². The van der Waals surface area contributed by atoms with E-state index in [1.165, 1.54) is 28.8 Å². The van der Waals surface area contributed by atoms with Crippen LogP contribution in [0.25, 0.3) is 6.08 Å². The molecule has 2 aromatic carbocycles. The van der Waals surface area contributed by atoms with Crippen molar-refractivity contribution in [1.82, 2.24) is 4.90 Å². The molecule has 1 fully saturated rings. The van der Waals surface area contributed by atoms with Gasteiger partial charge in [-0.25, -0.2) is 9.79 Å². The maximum Gasteiger partial charge on any atom is 0.337 e. The highest BCUT2D eigenvalue weighted by molar-refractivity contribution is 8.18. The van der Waals surface area contributed by atoms with Gasteiger partial charge in [0.15, 0.2) is 5.17 Å². The van der Waals surface area contributed by atoms with Crippen LogP contribution in [-0.2, 0) is 4.79 Å². The molecule has 3 rings (SSSR count). The van der Waals surface area contributed by atoms with Crippen molar-refractivity contribution in [3.63, 3.8) is 0 Å². The summed E-state index contributed by atoms with van der Waals surface area (Å²) >= 11 is 12.9. The van der Waals surface area contributed by atoms with Crippen molar-refractivity contribution in [2.75, 3.05) is 7.05 Å². The number of carboxylic acids is 1. The number of hydrogen-bond acceptors (Lipinski definition) is 4. The molecule has 1 saturated heterocycles. The van der Waals surface area contributed by atoms with Crippen molar-refractivity contribution in [3.05, 3.63) is 68.5 Å². The van der Waals surface area contributed by atoms with Crippen molar-refractivity contribution < 1.29 is 14.7 Å². The maximum atomic E-state index is 12.4. The van der Waals surface area contributed by atoms with Crippen molar-refractivity contribution in [2.45, 2.75) is 0 Å². The van der Waals surface area contributed by atoms with Crippen molar-refractivity contribution in [1.29, 1.82) is 0 Å². The van der Waals surface area contributed by atoms with Gasteiger partial charge in [0.2, 0.25) is 0 Å². The molecule has 0 radical (unpaired) electrons. The van der Waals surface area contributed by atoms with Crippen LogP contribution < -0.4 is 0 Å². The number of amides is 1. The minimum absolute atomic E-state index is 0.0394. The molecule has 0 spiro atoms. The molecule has 0 atom stereocenters. The molecule has 0 unspecified atom stereocenters. The standard InChI is InChI=1S/C18H12Cl2N2O3S/c1-22-16(23)15(8-10-2-4-11(19)5-3-10)26-18(22)21-12-6-7-14(20)13(9-12)17(24)25/h2-9H,1H3,(H,24,25)/b15-8+,21-18?. The Morgan fingerprint density at radius 3 is 2.54 bits per heavy atom. The molecule has 0 aromatic heterocycles. The lowest BCUT2D eigenvalue weighted by Crippen LogP contribution is -2.23. The third-order valence-electron chi connectivity index (χ3n) is 3.58. The second kappa shape index (κ2) is 7.53. The predicted octanol–water partition coefficient (Wildman–Crippen LogP) is 4.93. The molecule has 26 heavy (non-hydrogen) atoms. The monoisotopic (exact) mass is 406 g/mol. The topological polar surface area (TPSA) is 70.0 Å². The van der Waals surface area contributed by atoms with Crippen LogP contribution >= 0.6 is 35.0 Å². The Morgan fingerprint density at radius 2 is 1.88 bits per heavy atom. The highest BCUT2D eigenvalue weighted by Gasteiger charge is 2.30. The summed E-state index contributed by atoms with van der Waals surface area (Å²) in [6, 6.07) is 11.6. The van der Waals surface area contributed by atoms with Gasteiger partial charge >= 0.3 is 5.97 Å². The van der Waals surface area contributed by atoms with Crippen molar-refractivity contribution in [2.24, 2.45) is 4.99 Å². The third-order valence-corrected chi connectivity index (χ3v) is 5.22. The normalized spacial score (nSPS) is 17.3. The quantitative estimate of drug-likeness (QED) is 0.733. The smallest absolute Gasteiger partial charge is 0.337 e. The Labute approximate surface area is 163 Å². The second-order valence-corrected chi connectivity index (χ2v) is 7.24. The Balaban J connectivity index is 1.91. The van der Waals surface area contributed by atoms with Gasteiger partial charge in [-0.3, -0.25) is 9.69 Å². The number of likely N-dealkylation sites (N-methyl/N-ethyl adjacent to an activating group) is 1. The van der Waals surface area contributed by atoms with E-state index in [0.717, 1.165) is 5.56 Å².